The average molecular weight is 450 g/mol. The first-order valence-electron chi connectivity index (χ1n) is 8.09. The van der Waals surface area contributed by atoms with Gasteiger partial charge in [0.15, 0.2) is 5.13 Å². The van der Waals surface area contributed by atoms with E-state index in [9.17, 15) is 4.79 Å². The molecule has 0 saturated heterocycles. The molecule has 0 aliphatic heterocycles. The van der Waals surface area contributed by atoms with Crippen molar-refractivity contribution in [2.75, 3.05) is 5.32 Å². The van der Waals surface area contributed by atoms with Crippen LogP contribution >= 0.6 is 46.1 Å². The van der Waals surface area contributed by atoms with Crippen LogP contribution in [0.1, 0.15) is 5.76 Å². The summed E-state index contributed by atoms with van der Waals surface area (Å²) in [6.07, 6.45) is 2.95. The van der Waals surface area contributed by atoms with Crippen LogP contribution in [0.25, 0.3) is 27.6 Å². The molecule has 0 atom stereocenters. The Morgan fingerprint density at radius 2 is 1.96 bits per heavy atom. The molecule has 140 valence electrons. The molecule has 8 heteroatoms. The number of hydrogen-bond acceptors (Lipinski definition) is 4. The third kappa shape index (κ3) is 4.08. The van der Waals surface area contributed by atoms with Gasteiger partial charge in [-0.15, -0.1) is 0 Å². The highest BCUT2D eigenvalue weighted by Gasteiger charge is 2.11. The van der Waals surface area contributed by atoms with E-state index in [0.29, 0.717) is 37.3 Å². The first-order valence-corrected chi connectivity index (χ1v) is 10.0. The van der Waals surface area contributed by atoms with Gasteiger partial charge >= 0.3 is 0 Å². The number of rotatable bonds is 4. The molecule has 0 saturated carbocycles. The van der Waals surface area contributed by atoms with E-state index in [4.69, 9.17) is 39.2 Å². The van der Waals surface area contributed by atoms with Gasteiger partial charge in [-0.25, -0.2) is 4.98 Å². The van der Waals surface area contributed by atoms with E-state index in [1.807, 2.05) is 18.2 Å². The van der Waals surface area contributed by atoms with Crippen molar-refractivity contribution in [3.63, 3.8) is 0 Å². The number of fused-ring (bicyclic) bond motifs is 1. The monoisotopic (exact) mass is 448 g/mol. The number of amides is 1. The molecule has 2 heterocycles. The fraction of sp³-hybridized carbons (Fsp3) is 0. The molecule has 0 bridgehead atoms. The predicted molar refractivity (Wildman–Crippen MR) is 116 cm³/mol. The van der Waals surface area contributed by atoms with E-state index in [0.717, 1.165) is 10.2 Å². The molecule has 1 amide bonds. The number of halogens is 3. The Balaban J connectivity index is 1.47. The molecule has 1 N–H and O–H groups in total. The number of benzene rings is 2. The van der Waals surface area contributed by atoms with Gasteiger partial charge in [0.05, 0.1) is 20.3 Å². The van der Waals surface area contributed by atoms with Gasteiger partial charge in [-0.05, 0) is 48.5 Å². The Bertz CT molecular complexity index is 1210. The first kappa shape index (κ1) is 19.0. The maximum Gasteiger partial charge on any atom is 0.250 e. The van der Waals surface area contributed by atoms with Gasteiger partial charge < -0.3 is 4.42 Å². The van der Waals surface area contributed by atoms with Crippen LogP contribution < -0.4 is 5.32 Å². The van der Waals surface area contributed by atoms with E-state index in [1.165, 1.54) is 17.4 Å². The van der Waals surface area contributed by atoms with Crippen LogP contribution in [0.3, 0.4) is 0 Å². The summed E-state index contributed by atoms with van der Waals surface area (Å²) in [6, 6.07) is 14.2. The van der Waals surface area contributed by atoms with Crippen molar-refractivity contribution in [2.24, 2.45) is 0 Å². The minimum Gasteiger partial charge on any atom is -0.457 e. The summed E-state index contributed by atoms with van der Waals surface area (Å²) >= 11 is 19.6. The van der Waals surface area contributed by atoms with Crippen molar-refractivity contribution >= 4 is 73.5 Å². The van der Waals surface area contributed by atoms with Crippen LogP contribution in [-0.2, 0) is 4.79 Å². The number of aromatic nitrogens is 1. The van der Waals surface area contributed by atoms with Crippen molar-refractivity contribution in [2.45, 2.75) is 0 Å². The largest absolute Gasteiger partial charge is 0.457 e. The van der Waals surface area contributed by atoms with Gasteiger partial charge in [0.2, 0.25) is 5.91 Å². The molecule has 4 nitrogen and oxygen atoms in total. The molecule has 0 aliphatic carbocycles. The zero-order valence-corrected chi connectivity index (χ0v) is 17.2. The lowest BCUT2D eigenvalue weighted by molar-refractivity contribution is -0.111. The number of thiazole rings is 1. The quantitative estimate of drug-likeness (QED) is 0.336. The van der Waals surface area contributed by atoms with Crippen molar-refractivity contribution in [1.29, 1.82) is 0 Å². The summed E-state index contributed by atoms with van der Waals surface area (Å²) in [5.41, 5.74) is 1.47. The molecule has 4 rings (SSSR count). The second-order valence-corrected chi connectivity index (χ2v) is 8.01. The van der Waals surface area contributed by atoms with Crippen molar-refractivity contribution in [1.82, 2.24) is 4.98 Å². The predicted octanol–water partition coefficient (Wildman–Crippen LogP) is 7.17. The maximum absolute atomic E-state index is 12.2. The van der Waals surface area contributed by atoms with E-state index in [-0.39, 0.29) is 5.91 Å². The van der Waals surface area contributed by atoms with Gasteiger partial charge in [-0.2, -0.15) is 0 Å². The minimum atomic E-state index is -0.316. The second-order valence-electron chi connectivity index (χ2n) is 5.76. The lowest BCUT2D eigenvalue weighted by Gasteiger charge is -2.01. The number of carbonyl (C=O) groups is 1. The average Bonchev–Trinajstić information content (AvgIpc) is 3.28. The smallest absolute Gasteiger partial charge is 0.250 e. The number of nitrogens with one attached hydrogen (secondary N) is 1. The molecule has 0 spiro atoms. The van der Waals surface area contributed by atoms with E-state index in [2.05, 4.69) is 10.3 Å². The lowest BCUT2D eigenvalue weighted by atomic mass is 10.2. The Morgan fingerprint density at radius 3 is 2.82 bits per heavy atom. The van der Waals surface area contributed by atoms with Crippen LogP contribution in [0, 0.1) is 0 Å². The van der Waals surface area contributed by atoms with Crippen LogP contribution in [0.4, 0.5) is 5.13 Å². The summed E-state index contributed by atoms with van der Waals surface area (Å²) in [4.78, 5) is 16.5. The highest BCUT2D eigenvalue weighted by molar-refractivity contribution is 7.22. The van der Waals surface area contributed by atoms with Gasteiger partial charge in [0.1, 0.15) is 11.5 Å². The van der Waals surface area contributed by atoms with Gasteiger partial charge in [-0.1, -0.05) is 52.2 Å². The van der Waals surface area contributed by atoms with Crippen molar-refractivity contribution in [3.05, 3.63) is 75.4 Å². The standard InChI is InChI=1S/C20H11Cl3N2O2S/c21-11-4-7-15-17(10-11)28-20(24-15)25-18(26)9-6-12-5-8-16(27-12)13-2-1-3-14(22)19(13)23/h1-10H,(H,24,25,26). The summed E-state index contributed by atoms with van der Waals surface area (Å²) in [7, 11) is 0. The lowest BCUT2D eigenvalue weighted by Crippen LogP contribution is -2.07. The molecule has 0 radical (unpaired) electrons. The summed E-state index contributed by atoms with van der Waals surface area (Å²) in [5.74, 6) is 0.761. The number of anilines is 1. The van der Waals surface area contributed by atoms with Crippen LogP contribution in [0.15, 0.2) is 59.0 Å². The van der Waals surface area contributed by atoms with Gasteiger partial charge in [-0.3, -0.25) is 10.1 Å². The van der Waals surface area contributed by atoms with Crippen LogP contribution in [0.5, 0.6) is 0 Å². The molecule has 0 fully saturated rings. The molecule has 0 unspecified atom stereocenters. The molecule has 2 aromatic carbocycles. The molecular formula is C20H11Cl3N2O2S. The summed E-state index contributed by atoms with van der Waals surface area (Å²) in [6.45, 7) is 0. The fourth-order valence-corrected chi connectivity index (χ4v) is 4.08. The number of carbonyl (C=O) groups excluding carboxylic acids is 1. The molecular weight excluding hydrogens is 439 g/mol. The molecule has 0 aliphatic rings. The third-order valence-electron chi connectivity index (χ3n) is 3.82. The Morgan fingerprint density at radius 1 is 1.11 bits per heavy atom. The second kappa shape index (κ2) is 7.97. The van der Waals surface area contributed by atoms with E-state index in [1.54, 1.807) is 36.4 Å². The highest BCUT2D eigenvalue weighted by atomic mass is 35.5. The topological polar surface area (TPSA) is 55.1 Å². The van der Waals surface area contributed by atoms with Crippen LogP contribution in [-0.4, -0.2) is 10.9 Å². The summed E-state index contributed by atoms with van der Waals surface area (Å²) in [5, 5.41) is 4.73. The molecule has 28 heavy (non-hydrogen) atoms. The van der Waals surface area contributed by atoms with Crippen molar-refractivity contribution < 1.29 is 9.21 Å². The number of furan rings is 1. The molecule has 2 aromatic heterocycles. The summed E-state index contributed by atoms with van der Waals surface area (Å²) < 4.78 is 6.63. The fourth-order valence-electron chi connectivity index (χ4n) is 2.54. The first-order chi connectivity index (χ1) is 13.5. The van der Waals surface area contributed by atoms with E-state index >= 15 is 0 Å². The normalized spacial score (nSPS) is 11.4. The van der Waals surface area contributed by atoms with Gasteiger partial charge in [0, 0.05) is 16.7 Å². The zero-order chi connectivity index (χ0) is 19.7. The third-order valence-corrected chi connectivity index (χ3v) is 5.81. The Labute approximate surface area is 179 Å². The van der Waals surface area contributed by atoms with E-state index < -0.39 is 0 Å². The number of nitrogens with zero attached hydrogens (tertiary/aromatic N) is 1. The highest BCUT2D eigenvalue weighted by Crippen LogP contribution is 2.34. The SMILES string of the molecule is O=C(C=Cc1ccc(-c2cccc(Cl)c2Cl)o1)Nc1nc2ccc(Cl)cc2s1. The minimum absolute atomic E-state index is 0.316. The molecule has 4 aromatic rings. The van der Waals surface area contributed by atoms with Crippen LogP contribution in [0.2, 0.25) is 15.1 Å². The van der Waals surface area contributed by atoms with Crippen molar-refractivity contribution in [3.8, 4) is 11.3 Å². The number of hydrogen-bond donors (Lipinski definition) is 1. The Hall–Kier alpha value is -2.31. The maximum atomic E-state index is 12.2. The zero-order valence-electron chi connectivity index (χ0n) is 14.1. The Kier molecular flexibility index (Phi) is 5.42. The van der Waals surface area contributed by atoms with Gasteiger partial charge in [0.25, 0.3) is 0 Å².